The second-order valence-corrected chi connectivity index (χ2v) is 2.48. The van der Waals surface area contributed by atoms with Crippen LogP contribution in [-0.4, -0.2) is 7.11 Å². The molecular formula is C7H5ClFN3O. The van der Waals surface area contributed by atoms with E-state index in [1.165, 1.54) is 19.2 Å². The largest absolute Gasteiger partial charge is 0.495 e. The minimum absolute atomic E-state index is 0.145. The van der Waals surface area contributed by atoms with Gasteiger partial charge in [-0.05, 0) is 17.7 Å². The molecule has 0 spiro atoms. The zero-order valence-electron chi connectivity index (χ0n) is 6.66. The maximum absolute atomic E-state index is 13.2. The Labute approximate surface area is 78.5 Å². The van der Waals surface area contributed by atoms with Crippen molar-refractivity contribution in [1.82, 2.24) is 0 Å². The van der Waals surface area contributed by atoms with Crippen molar-refractivity contribution in [2.75, 3.05) is 7.11 Å². The van der Waals surface area contributed by atoms with Crippen molar-refractivity contribution in [3.05, 3.63) is 33.4 Å². The first-order valence-corrected chi connectivity index (χ1v) is 3.65. The quantitative estimate of drug-likeness (QED) is 0.411. The van der Waals surface area contributed by atoms with Crippen molar-refractivity contribution in [1.29, 1.82) is 0 Å². The highest BCUT2D eigenvalue weighted by Gasteiger charge is 2.10. The van der Waals surface area contributed by atoms with Crippen LogP contribution in [0.25, 0.3) is 10.4 Å². The van der Waals surface area contributed by atoms with Gasteiger partial charge in [-0.15, -0.1) is 0 Å². The number of azide groups is 1. The summed E-state index contributed by atoms with van der Waals surface area (Å²) in [7, 11) is 1.37. The molecular weight excluding hydrogens is 197 g/mol. The summed E-state index contributed by atoms with van der Waals surface area (Å²) in [4.78, 5) is 2.45. The molecule has 0 saturated carbocycles. The summed E-state index contributed by atoms with van der Waals surface area (Å²) in [6.45, 7) is 0. The molecule has 0 unspecified atom stereocenters. The van der Waals surface area contributed by atoms with Crippen molar-refractivity contribution in [3.8, 4) is 5.75 Å². The summed E-state index contributed by atoms with van der Waals surface area (Å²) in [6.07, 6.45) is 0. The number of nitrogens with zero attached hydrogens (tertiary/aromatic N) is 3. The van der Waals surface area contributed by atoms with Crippen molar-refractivity contribution in [3.63, 3.8) is 0 Å². The van der Waals surface area contributed by atoms with Gasteiger partial charge in [0.2, 0.25) is 0 Å². The summed E-state index contributed by atoms with van der Waals surface area (Å²) in [5.41, 5.74) is 7.93. The number of hydrogen-bond donors (Lipinski definition) is 0. The van der Waals surface area contributed by atoms with E-state index < -0.39 is 5.82 Å². The first-order valence-electron chi connectivity index (χ1n) is 3.27. The summed E-state index contributed by atoms with van der Waals surface area (Å²) in [6, 6.07) is 2.72. The highest BCUT2D eigenvalue weighted by molar-refractivity contribution is 6.32. The zero-order chi connectivity index (χ0) is 9.84. The minimum Gasteiger partial charge on any atom is -0.495 e. The van der Waals surface area contributed by atoms with Crippen LogP contribution >= 0.6 is 11.6 Å². The van der Waals surface area contributed by atoms with E-state index in [2.05, 4.69) is 10.0 Å². The van der Waals surface area contributed by atoms with E-state index in [4.69, 9.17) is 21.9 Å². The summed E-state index contributed by atoms with van der Waals surface area (Å²) in [5, 5.41) is 2.92. The lowest BCUT2D eigenvalue weighted by Gasteiger charge is -2.04. The van der Waals surface area contributed by atoms with E-state index in [1.807, 2.05) is 0 Å². The molecule has 1 aromatic rings. The predicted octanol–water partition coefficient (Wildman–Crippen LogP) is 3.43. The van der Waals surface area contributed by atoms with E-state index >= 15 is 0 Å². The Morgan fingerprint density at radius 2 is 2.31 bits per heavy atom. The van der Waals surface area contributed by atoms with E-state index in [9.17, 15) is 4.39 Å². The van der Waals surface area contributed by atoms with E-state index in [0.717, 1.165) is 0 Å². The standard InChI is InChI=1S/C7H5ClFN3O/c1-13-5-3-2-4(11-12-10)7(9)6(5)8/h2-3H,1H3. The van der Waals surface area contributed by atoms with Crippen molar-refractivity contribution >= 4 is 17.3 Å². The molecule has 0 atom stereocenters. The molecule has 0 amide bonds. The Bertz CT molecular complexity index is 376. The van der Waals surface area contributed by atoms with Gasteiger partial charge in [-0.25, -0.2) is 4.39 Å². The molecule has 1 aromatic carbocycles. The van der Waals surface area contributed by atoms with Crippen LogP contribution in [-0.2, 0) is 0 Å². The van der Waals surface area contributed by atoms with Crippen LogP contribution < -0.4 is 4.74 Å². The first-order chi connectivity index (χ1) is 6.20. The fraction of sp³-hybridized carbons (Fsp3) is 0.143. The van der Waals surface area contributed by atoms with E-state index in [-0.39, 0.29) is 16.5 Å². The Morgan fingerprint density at radius 1 is 1.62 bits per heavy atom. The van der Waals surface area contributed by atoms with Gasteiger partial charge in [-0.2, -0.15) is 0 Å². The molecule has 0 aromatic heterocycles. The Kier molecular flexibility index (Phi) is 2.95. The SMILES string of the molecule is COc1ccc(N=[N+]=[N-])c(F)c1Cl. The van der Waals surface area contributed by atoms with Gasteiger partial charge < -0.3 is 4.74 Å². The van der Waals surface area contributed by atoms with Crippen LogP contribution in [0.4, 0.5) is 10.1 Å². The van der Waals surface area contributed by atoms with Crippen LogP contribution in [0.1, 0.15) is 0 Å². The van der Waals surface area contributed by atoms with Crippen molar-refractivity contribution in [2.45, 2.75) is 0 Å². The Balaban J connectivity index is 3.30. The molecule has 4 nitrogen and oxygen atoms in total. The third kappa shape index (κ3) is 1.83. The van der Waals surface area contributed by atoms with Crippen LogP contribution in [0.15, 0.2) is 17.2 Å². The van der Waals surface area contributed by atoms with Gasteiger partial charge in [0.1, 0.15) is 10.8 Å². The van der Waals surface area contributed by atoms with Crippen LogP contribution in [0.5, 0.6) is 5.75 Å². The topological polar surface area (TPSA) is 58.0 Å². The number of rotatable bonds is 2. The average Bonchev–Trinajstić information content (AvgIpc) is 2.14. The molecule has 13 heavy (non-hydrogen) atoms. The van der Waals surface area contributed by atoms with Crippen LogP contribution in [0, 0.1) is 5.82 Å². The van der Waals surface area contributed by atoms with Crippen molar-refractivity contribution in [2.24, 2.45) is 5.11 Å². The van der Waals surface area contributed by atoms with Gasteiger partial charge in [0.25, 0.3) is 0 Å². The Morgan fingerprint density at radius 3 is 2.85 bits per heavy atom. The van der Waals surface area contributed by atoms with E-state index in [0.29, 0.717) is 0 Å². The number of halogens is 2. The summed E-state index contributed by atoms with van der Waals surface area (Å²) < 4.78 is 17.9. The Hall–Kier alpha value is -1.45. The van der Waals surface area contributed by atoms with Gasteiger partial charge >= 0.3 is 0 Å². The number of benzene rings is 1. The normalized spacial score (nSPS) is 9.15. The maximum Gasteiger partial charge on any atom is 0.155 e. The molecule has 1 rings (SSSR count). The summed E-state index contributed by atoms with van der Waals surface area (Å²) in [5.74, 6) is -0.574. The molecule has 0 N–H and O–H groups in total. The fourth-order valence-corrected chi connectivity index (χ4v) is 1.04. The van der Waals surface area contributed by atoms with Gasteiger partial charge in [0.15, 0.2) is 5.82 Å². The highest BCUT2D eigenvalue weighted by Crippen LogP contribution is 2.33. The molecule has 0 bridgehead atoms. The van der Waals surface area contributed by atoms with Crippen LogP contribution in [0.2, 0.25) is 5.02 Å². The average molecular weight is 202 g/mol. The first kappa shape index (κ1) is 9.64. The monoisotopic (exact) mass is 201 g/mol. The van der Waals surface area contributed by atoms with Crippen molar-refractivity contribution < 1.29 is 9.13 Å². The third-order valence-electron chi connectivity index (χ3n) is 1.40. The van der Waals surface area contributed by atoms with Gasteiger partial charge in [-0.3, -0.25) is 0 Å². The van der Waals surface area contributed by atoms with Gasteiger partial charge in [0.05, 0.1) is 12.8 Å². The lowest BCUT2D eigenvalue weighted by atomic mass is 10.3. The lowest BCUT2D eigenvalue weighted by Crippen LogP contribution is -1.86. The second kappa shape index (κ2) is 3.98. The molecule has 0 saturated heterocycles. The fourth-order valence-electron chi connectivity index (χ4n) is 0.805. The minimum atomic E-state index is -0.779. The lowest BCUT2D eigenvalue weighted by molar-refractivity contribution is 0.412. The van der Waals surface area contributed by atoms with Gasteiger partial charge in [-0.1, -0.05) is 16.7 Å². The molecule has 0 fully saturated rings. The number of ether oxygens (including phenoxy) is 1. The number of hydrogen-bond acceptors (Lipinski definition) is 2. The molecule has 0 aliphatic carbocycles. The van der Waals surface area contributed by atoms with Crippen LogP contribution in [0.3, 0.4) is 0 Å². The summed E-state index contributed by atoms with van der Waals surface area (Å²) >= 11 is 5.55. The maximum atomic E-state index is 13.2. The molecule has 0 radical (unpaired) electrons. The third-order valence-corrected chi connectivity index (χ3v) is 1.75. The smallest absolute Gasteiger partial charge is 0.155 e. The predicted molar refractivity (Wildman–Crippen MR) is 46.8 cm³/mol. The molecule has 6 heteroatoms. The van der Waals surface area contributed by atoms with Gasteiger partial charge in [0, 0.05) is 4.91 Å². The molecule has 0 aliphatic heterocycles. The molecule has 68 valence electrons. The van der Waals surface area contributed by atoms with E-state index in [1.54, 1.807) is 0 Å². The molecule has 0 aliphatic rings. The highest BCUT2D eigenvalue weighted by atomic mass is 35.5. The molecule has 0 heterocycles. The zero-order valence-corrected chi connectivity index (χ0v) is 7.42. The second-order valence-electron chi connectivity index (χ2n) is 2.10. The number of methoxy groups -OCH3 is 1.